The van der Waals surface area contributed by atoms with Crippen molar-refractivity contribution in [3.05, 3.63) is 101 Å². The number of hydrogen-bond donors (Lipinski definition) is 4. The van der Waals surface area contributed by atoms with Crippen molar-refractivity contribution in [2.24, 2.45) is 17.8 Å². The molecule has 8 nitrogen and oxygen atoms in total. The van der Waals surface area contributed by atoms with Crippen LogP contribution in [-0.4, -0.2) is 39.6 Å². The lowest BCUT2D eigenvalue weighted by Gasteiger charge is -2.56. The molecule has 0 radical (unpaired) electrons. The second-order valence-electron chi connectivity index (χ2n) is 13.7. The predicted octanol–water partition coefficient (Wildman–Crippen LogP) is 6.98. The molecule has 2 amide bonds. The van der Waals surface area contributed by atoms with Gasteiger partial charge in [0.05, 0.1) is 24.4 Å². The van der Waals surface area contributed by atoms with E-state index < -0.39 is 12.3 Å². The molecular formula is C37H42N2O6S. The fraction of sp³-hybridized carbons (Fsp3) is 0.459. The normalized spacial score (nSPS) is 29.8. The molecule has 46 heavy (non-hydrogen) atoms. The Hall–Kier alpha value is -3.37. The standard InChI is InChI=1S/C37H42N2O6S/c40-21-24-7-9-28(10-8-24)32-16-30(22-46-33-4-2-1-3-31(33)34(41)42)44-35(45-32)29-11-5-23(6-12-29)20-38-36(43)39-37-17-25-13-26(18-37)15-27(14-25)19-37/h1-12,25-27,30,32,35,40H,13-22H2,(H,41,42)(H2,38,39,43). The highest BCUT2D eigenvalue weighted by Crippen LogP contribution is 2.55. The van der Waals surface area contributed by atoms with E-state index in [9.17, 15) is 19.8 Å². The molecule has 3 aromatic rings. The molecule has 0 spiro atoms. The number of thioether (sulfide) groups is 1. The van der Waals surface area contributed by atoms with E-state index in [1.807, 2.05) is 60.7 Å². The summed E-state index contributed by atoms with van der Waals surface area (Å²) < 4.78 is 12.9. The number of carboxylic acids is 1. The number of rotatable bonds is 10. The Morgan fingerprint density at radius 3 is 2.09 bits per heavy atom. The first-order valence-corrected chi connectivity index (χ1v) is 17.4. The zero-order valence-corrected chi connectivity index (χ0v) is 26.7. The smallest absolute Gasteiger partial charge is 0.336 e. The van der Waals surface area contributed by atoms with Gasteiger partial charge in [0, 0.05) is 34.7 Å². The van der Waals surface area contributed by atoms with Gasteiger partial charge in [0.1, 0.15) is 0 Å². The van der Waals surface area contributed by atoms with Crippen LogP contribution in [0.5, 0.6) is 0 Å². The Labute approximate surface area is 274 Å². The maximum Gasteiger partial charge on any atom is 0.336 e. The summed E-state index contributed by atoms with van der Waals surface area (Å²) in [5.74, 6) is 1.95. The van der Waals surface area contributed by atoms with Gasteiger partial charge in [-0.3, -0.25) is 0 Å². The molecule has 0 aromatic heterocycles. The SMILES string of the molecule is O=C(NCc1ccc(C2OC(CSc3ccccc3C(=O)O)CC(c3ccc(CO)cc3)O2)cc1)NC12CC3CC(CC(C3)C1)C2. The van der Waals surface area contributed by atoms with Crippen LogP contribution in [0.3, 0.4) is 0 Å². The van der Waals surface area contributed by atoms with Gasteiger partial charge < -0.3 is 30.3 Å². The Balaban J connectivity index is 0.999. The number of carboxylic acid groups (broad SMARTS) is 1. The number of aliphatic hydroxyl groups excluding tert-OH is 1. The minimum absolute atomic E-state index is 0.0160. The van der Waals surface area contributed by atoms with Crippen LogP contribution < -0.4 is 10.6 Å². The number of carbonyl (C=O) groups excluding carboxylic acids is 1. The molecule has 5 aliphatic rings. The number of aliphatic hydroxyl groups is 1. The summed E-state index contributed by atoms with van der Waals surface area (Å²) in [6, 6.07) is 22.7. The fourth-order valence-electron chi connectivity index (χ4n) is 8.50. The van der Waals surface area contributed by atoms with Gasteiger partial charge in [-0.25, -0.2) is 9.59 Å². The molecule has 3 unspecified atom stereocenters. The van der Waals surface area contributed by atoms with Crippen LogP contribution in [0.15, 0.2) is 77.7 Å². The van der Waals surface area contributed by atoms with E-state index in [1.54, 1.807) is 12.1 Å². The molecule has 8 rings (SSSR count). The van der Waals surface area contributed by atoms with E-state index >= 15 is 0 Å². The number of benzene rings is 3. The van der Waals surface area contributed by atoms with E-state index in [2.05, 4.69) is 10.6 Å². The van der Waals surface area contributed by atoms with Crippen LogP contribution in [-0.2, 0) is 22.6 Å². The van der Waals surface area contributed by atoms with Gasteiger partial charge >= 0.3 is 12.0 Å². The summed E-state index contributed by atoms with van der Waals surface area (Å²) >= 11 is 1.47. The second-order valence-corrected chi connectivity index (χ2v) is 14.8. The quantitative estimate of drug-likeness (QED) is 0.176. The molecule has 1 saturated heterocycles. The molecule has 4 bridgehead atoms. The summed E-state index contributed by atoms with van der Waals surface area (Å²) in [5.41, 5.74) is 3.96. The largest absolute Gasteiger partial charge is 0.478 e. The first kappa shape index (κ1) is 31.2. The number of carbonyl (C=O) groups is 2. The summed E-state index contributed by atoms with van der Waals surface area (Å²) in [4.78, 5) is 25.4. The molecule has 3 aromatic carbocycles. The molecular weight excluding hydrogens is 600 g/mol. The molecule has 9 heteroatoms. The van der Waals surface area contributed by atoms with E-state index in [1.165, 1.54) is 31.0 Å². The van der Waals surface area contributed by atoms with Crippen LogP contribution in [0.25, 0.3) is 0 Å². The van der Waals surface area contributed by atoms with Crippen molar-refractivity contribution in [2.75, 3.05) is 5.75 Å². The summed E-state index contributed by atoms with van der Waals surface area (Å²) in [6.45, 7) is 0.415. The average molecular weight is 643 g/mol. The van der Waals surface area contributed by atoms with E-state index in [-0.39, 0.29) is 35.9 Å². The van der Waals surface area contributed by atoms with Crippen molar-refractivity contribution in [2.45, 2.75) is 87.0 Å². The Morgan fingerprint density at radius 2 is 1.43 bits per heavy atom. The molecule has 4 N–H and O–H groups in total. The summed E-state index contributed by atoms with van der Waals surface area (Å²) in [7, 11) is 0. The lowest BCUT2D eigenvalue weighted by molar-refractivity contribution is -0.245. The van der Waals surface area contributed by atoms with Crippen LogP contribution in [0.2, 0.25) is 0 Å². The molecule has 1 heterocycles. The van der Waals surface area contributed by atoms with Crippen molar-refractivity contribution in [1.82, 2.24) is 10.6 Å². The number of hydrogen-bond acceptors (Lipinski definition) is 6. The molecule has 242 valence electrons. The lowest BCUT2D eigenvalue weighted by atomic mass is 9.53. The van der Waals surface area contributed by atoms with Crippen LogP contribution >= 0.6 is 11.8 Å². The number of urea groups is 1. The van der Waals surface area contributed by atoms with Gasteiger partial charge in [-0.15, -0.1) is 11.8 Å². The van der Waals surface area contributed by atoms with Crippen LogP contribution in [0.1, 0.15) is 90.0 Å². The van der Waals surface area contributed by atoms with Gasteiger partial charge in [-0.05, 0) is 85.1 Å². The highest BCUT2D eigenvalue weighted by molar-refractivity contribution is 7.99. The van der Waals surface area contributed by atoms with Crippen molar-refractivity contribution < 1.29 is 29.3 Å². The zero-order chi connectivity index (χ0) is 31.7. The third-order valence-electron chi connectivity index (χ3n) is 10.3. The number of nitrogens with one attached hydrogen (secondary N) is 2. The Kier molecular flexibility index (Phi) is 9.10. The zero-order valence-electron chi connectivity index (χ0n) is 25.9. The minimum atomic E-state index is -0.949. The topological polar surface area (TPSA) is 117 Å². The number of aromatic carboxylic acids is 1. The second kappa shape index (κ2) is 13.4. The van der Waals surface area contributed by atoms with Crippen molar-refractivity contribution >= 4 is 23.8 Å². The average Bonchev–Trinajstić information content (AvgIpc) is 3.06. The van der Waals surface area contributed by atoms with E-state index in [0.29, 0.717) is 23.6 Å². The van der Waals surface area contributed by atoms with Gasteiger partial charge in [0.15, 0.2) is 6.29 Å². The van der Waals surface area contributed by atoms with Crippen molar-refractivity contribution in [1.29, 1.82) is 0 Å². The van der Waals surface area contributed by atoms with Crippen LogP contribution in [0, 0.1) is 17.8 Å². The van der Waals surface area contributed by atoms with Crippen molar-refractivity contribution in [3.8, 4) is 0 Å². The lowest BCUT2D eigenvalue weighted by Crippen LogP contribution is -2.61. The van der Waals surface area contributed by atoms with Gasteiger partial charge in [-0.1, -0.05) is 60.7 Å². The molecule has 4 aliphatic carbocycles. The van der Waals surface area contributed by atoms with Gasteiger partial charge in [0.25, 0.3) is 0 Å². The van der Waals surface area contributed by atoms with Crippen molar-refractivity contribution in [3.63, 3.8) is 0 Å². The van der Waals surface area contributed by atoms with Gasteiger partial charge in [-0.2, -0.15) is 0 Å². The maximum absolute atomic E-state index is 13.0. The summed E-state index contributed by atoms with van der Waals surface area (Å²) in [5, 5.41) is 25.6. The molecule has 5 fully saturated rings. The number of ether oxygens (including phenoxy) is 2. The predicted molar refractivity (Wildman–Crippen MR) is 175 cm³/mol. The summed E-state index contributed by atoms with van der Waals surface area (Å²) in [6.07, 6.45) is 6.98. The first-order valence-electron chi connectivity index (χ1n) is 16.5. The molecule has 1 aliphatic heterocycles. The van der Waals surface area contributed by atoms with Crippen LogP contribution in [0.4, 0.5) is 4.79 Å². The highest BCUT2D eigenvalue weighted by atomic mass is 32.2. The first-order chi connectivity index (χ1) is 22.3. The number of amides is 2. The maximum atomic E-state index is 13.0. The molecule has 4 saturated carbocycles. The molecule has 3 atom stereocenters. The van der Waals surface area contributed by atoms with Gasteiger partial charge in [0.2, 0.25) is 0 Å². The third kappa shape index (κ3) is 6.98. The highest BCUT2D eigenvalue weighted by Gasteiger charge is 2.51. The van der Waals surface area contributed by atoms with E-state index in [4.69, 9.17) is 9.47 Å². The monoisotopic (exact) mass is 642 g/mol. The fourth-order valence-corrected chi connectivity index (χ4v) is 9.56. The minimum Gasteiger partial charge on any atom is -0.478 e. The third-order valence-corrected chi connectivity index (χ3v) is 11.5. The Bertz CT molecular complexity index is 1510. The Morgan fingerprint density at radius 1 is 0.804 bits per heavy atom. The van der Waals surface area contributed by atoms with E-state index in [0.717, 1.165) is 59.3 Å².